The van der Waals surface area contributed by atoms with E-state index >= 15 is 0 Å². The molecule has 4 aromatic rings. The van der Waals surface area contributed by atoms with Gasteiger partial charge in [0.25, 0.3) is 0 Å². The van der Waals surface area contributed by atoms with Crippen molar-refractivity contribution in [1.29, 1.82) is 0 Å². The summed E-state index contributed by atoms with van der Waals surface area (Å²) in [6, 6.07) is 4.95. The van der Waals surface area contributed by atoms with Crippen LogP contribution in [0.1, 0.15) is 50.7 Å². The molecule has 2 N–H and O–H groups in total. The van der Waals surface area contributed by atoms with E-state index in [9.17, 15) is 28.8 Å². The number of anilines is 1. The first-order valence-electron chi connectivity index (χ1n) is 16.8. The third kappa shape index (κ3) is 9.08. The van der Waals surface area contributed by atoms with Gasteiger partial charge >= 0.3 is 30.3 Å². The van der Waals surface area contributed by atoms with Crippen LogP contribution in [0.15, 0.2) is 29.2 Å². The molecule has 17 nitrogen and oxygen atoms in total. The van der Waals surface area contributed by atoms with E-state index in [1.165, 1.54) is 18.2 Å². The summed E-state index contributed by atoms with van der Waals surface area (Å²) < 4.78 is 36.9. The average Bonchev–Trinajstić information content (AvgIpc) is 3.56. The zero-order valence-corrected chi connectivity index (χ0v) is 31.5. The number of amides is 2. The SMILES string of the molecule is CCOC(=O)NC(Cc1cc(OC(=O)OCC)c2nc(-c3nc(C(=O)OCC)cc4cc(OC(=O)OCC)c5c(c34)SCC(=O)N5)sc2c1)C(=O)OCC. The highest BCUT2D eigenvalue weighted by Gasteiger charge is 2.30. The summed E-state index contributed by atoms with van der Waals surface area (Å²) in [6.45, 7) is 8.37. The fourth-order valence-corrected chi connectivity index (χ4v) is 7.34. The molecule has 0 fully saturated rings. The first-order chi connectivity index (χ1) is 26.0. The van der Waals surface area contributed by atoms with Crippen LogP contribution in [0.3, 0.4) is 0 Å². The van der Waals surface area contributed by atoms with Crippen LogP contribution in [0.25, 0.3) is 31.7 Å². The molecule has 0 saturated heterocycles. The lowest BCUT2D eigenvalue weighted by Crippen LogP contribution is -2.43. The van der Waals surface area contributed by atoms with Crippen LogP contribution in [-0.4, -0.2) is 91.0 Å². The second-order valence-electron chi connectivity index (χ2n) is 11.0. The number of aromatic nitrogens is 2. The summed E-state index contributed by atoms with van der Waals surface area (Å²) in [6.07, 6.45) is -2.93. The minimum atomic E-state index is -1.17. The number of carbonyl (C=O) groups is 6. The molecule has 2 aromatic carbocycles. The Hall–Kier alpha value is -5.69. The number of thiazole rings is 1. The van der Waals surface area contributed by atoms with Gasteiger partial charge in [-0.15, -0.1) is 23.1 Å². The highest BCUT2D eigenvalue weighted by molar-refractivity contribution is 8.00. The van der Waals surface area contributed by atoms with Crippen LogP contribution in [0.4, 0.5) is 20.1 Å². The lowest BCUT2D eigenvalue weighted by molar-refractivity contribution is -0.145. The molecule has 1 atom stereocenters. The Kier molecular flexibility index (Phi) is 13.1. The van der Waals surface area contributed by atoms with Crippen molar-refractivity contribution in [3.8, 4) is 22.2 Å². The third-order valence-electron chi connectivity index (χ3n) is 7.35. The number of fused-ring (bicyclic) bond motifs is 4. The Morgan fingerprint density at radius 2 is 1.48 bits per heavy atom. The lowest BCUT2D eigenvalue weighted by Gasteiger charge is -2.22. The van der Waals surface area contributed by atoms with E-state index in [1.807, 2.05) is 0 Å². The molecule has 3 heterocycles. The summed E-state index contributed by atoms with van der Waals surface area (Å²) in [5.74, 6) is -1.81. The van der Waals surface area contributed by atoms with Gasteiger partial charge in [0.05, 0.1) is 49.2 Å². The summed E-state index contributed by atoms with van der Waals surface area (Å²) >= 11 is 2.28. The van der Waals surface area contributed by atoms with Crippen molar-refractivity contribution in [3.63, 3.8) is 0 Å². The summed E-state index contributed by atoms with van der Waals surface area (Å²) in [4.78, 5) is 85.8. The van der Waals surface area contributed by atoms with Crippen molar-refractivity contribution in [1.82, 2.24) is 15.3 Å². The zero-order chi connectivity index (χ0) is 38.9. The smallest absolute Gasteiger partial charge is 0.464 e. The second kappa shape index (κ2) is 17.9. The number of rotatable bonds is 13. The number of carbonyl (C=O) groups excluding carboxylic acids is 6. The fraction of sp³-hybridized carbons (Fsp3) is 0.371. The number of nitrogens with zero attached hydrogens (tertiary/aromatic N) is 2. The van der Waals surface area contributed by atoms with E-state index in [0.717, 1.165) is 23.1 Å². The van der Waals surface area contributed by atoms with Gasteiger partial charge in [-0.25, -0.2) is 33.9 Å². The average molecular weight is 785 g/mol. The normalized spacial score (nSPS) is 12.6. The molecular weight excluding hydrogens is 749 g/mol. The Morgan fingerprint density at radius 1 is 0.815 bits per heavy atom. The maximum Gasteiger partial charge on any atom is 0.513 e. The van der Waals surface area contributed by atoms with E-state index in [0.29, 0.717) is 25.9 Å². The van der Waals surface area contributed by atoms with Crippen LogP contribution < -0.4 is 20.1 Å². The van der Waals surface area contributed by atoms with E-state index in [4.69, 9.17) is 38.1 Å². The van der Waals surface area contributed by atoms with Gasteiger partial charge in [0.1, 0.15) is 28.0 Å². The van der Waals surface area contributed by atoms with Crippen LogP contribution in [0.5, 0.6) is 11.5 Å². The van der Waals surface area contributed by atoms with Crippen LogP contribution in [-0.2, 0) is 39.7 Å². The molecule has 1 aliphatic heterocycles. The number of pyridine rings is 1. The maximum atomic E-state index is 13.1. The predicted octanol–water partition coefficient (Wildman–Crippen LogP) is 6.02. The molecule has 0 radical (unpaired) electrons. The quantitative estimate of drug-likeness (QED) is 0.0899. The Labute approximate surface area is 316 Å². The van der Waals surface area contributed by atoms with Gasteiger partial charge in [-0.3, -0.25) is 4.79 Å². The molecule has 0 saturated carbocycles. The molecule has 5 rings (SSSR count). The summed E-state index contributed by atoms with van der Waals surface area (Å²) in [5, 5.41) is 6.39. The number of thioether (sulfide) groups is 1. The van der Waals surface area contributed by atoms with Crippen LogP contribution in [0, 0.1) is 0 Å². The van der Waals surface area contributed by atoms with Gasteiger partial charge in [0.15, 0.2) is 11.5 Å². The lowest BCUT2D eigenvalue weighted by atomic mass is 10.0. The maximum absolute atomic E-state index is 13.1. The van der Waals surface area contributed by atoms with Gasteiger partial charge in [0.2, 0.25) is 5.91 Å². The highest BCUT2D eigenvalue weighted by Crippen LogP contribution is 2.48. The number of esters is 2. The van der Waals surface area contributed by atoms with Crippen molar-refractivity contribution in [2.24, 2.45) is 0 Å². The van der Waals surface area contributed by atoms with Gasteiger partial charge < -0.3 is 43.8 Å². The van der Waals surface area contributed by atoms with E-state index < -0.39 is 36.4 Å². The Morgan fingerprint density at radius 3 is 2.15 bits per heavy atom. The van der Waals surface area contributed by atoms with Gasteiger partial charge in [-0.2, -0.15) is 0 Å². The fourth-order valence-electron chi connectivity index (χ4n) is 5.30. The zero-order valence-electron chi connectivity index (χ0n) is 29.9. The first kappa shape index (κ1) is 39.5. The molecule has 286 valence electrons. The predicted molar refractivity (Wildman–Crippen MR) is 195 cm³/mol. The third-order valence-corrected chi connectivity index (χ3v) is 9.46. The molecule has 0 spiro atoms. The number of nitrogens with one attached hydrogen (secondary N) is 2. The number of hydrogen-bond acceptors (Lipinski definition) is 17. The van der Waals surface area contributed by atoms with E-state index in [1.54, 1.807) is 40.7 Å². The largest absolute Gasteiger partial charge is 0.513 e. The van der Waals surface area contributed by atoms with Crippen LogP contribution >= 0.6 is 23.1 Å². The standard InChI is InChI=1S/C35H36N4O13S2/c1-6-46-31(41)19(37-33(43)48-8-3)11-17-12-21(51-34(44)49-9-4)26-23(13-17)54-30(39-26)28-25-18(14-20(36-28)32(42)47-7-2)15-22(52-35(45)50-10-5)27-29(25)53-16-24(40)38-27/h12-15,19H,6-11,16H2,1-5H3,(H,37,43)(H,38,40). The molecule has 1 aliphatic rings. The number of benzene rings is 2. The Balaban J connectivity index is 1.73. The van der Waals surface area contributed by atoms with Crippen molar-refractivity contribution in [3.05, 3.63) is 35.5 Å². The minimum absolute atomic E-state index is 0.0184. The molecular formula is C35H36N4O13S2. The van der Waals surface area contributed by atoms with Gasteiger partial charge in [-0.05, 0) is 69.8 Å². The topological polar surface area (TPSA) is 217 Å². The Bertz CT molecular complexity index is 2120. The molecule has 1 unspecified atom stereocenters. The van der Waals surface area contributed by atoms with Crippen molar-refractivity contribution < 1.29 is 61.9 Å². The highest BCUT2D eigenvalue weighted by atomic mass is 32.2. The minimum Gasteiger partial charge on any atom is -0.464 e. The van der Waals surface area contributed by atoms with Crippen molar-refractivity contribution in [2.75, 3.05) is 44.1 Å². The summed E-state index contributed by atoms with van der Waals surface area (Å²) in [7, 11) is 0. The molecule has 19 heteroatoms. The van der Waals surface area contributed by atoms with Crippen molar-refractivity contribution in [2.45, 2.75) is 52.0 Å². The molecule has 2 aromatic heterocycles. The summed E-state index contributed by atoms with van der Waals surface area (Å²) in [5.41, 5.74) is 0.971. The first-order valence-corrected chi connectivity index (χ1v) is 18.6. The molecule has 0 bridgehead atoms. The van der Waals surface area contributed by atoms with E-state index in [-0.39, 0.29) is 90.2 Å². The molecule has 54 heavy (non-hydrogen) atoms. The van der Waals surface area contributed by atoms with Crippen LogP contribution in [0.2, 0.25) is 0 Å². The monoisotopic (exact) mass is 784 g/mol. The van der Waals surface area contributed by atoms with E-state index in [2.05, 4.69) is 15.6 Å². The number of hydrogen-bond donors (Lipinski definition) is 2. The van der Waals surface area contributed by atoms with Crippen molar-refractivity contribution >= 4 is 86.0 Å². The number of alkyl carbamates (subject to hydrolysis) is 1. The molecule has 2 amide bonds. The second-order valence-corrected chi connectivity index (χ2v) is 13.0. The molecule has 0 aliphatic carbocycles. The van der Waals surface area contributed by atoms with Gasteiger partial charge in [0, 0.05) is 16.7 Å². The number of ether oxygens (including phenoxy) is 7. The van der Waals surface area contributed by atoms with Gasteiger partial charge in [-0.1, -0.05) is 0 Å².